The van der Waals surface area contributed by atoms with Gasteiger partial charge in [0.25, 0.3) is 0 Å². The van der Waals surface area contributed by atoms with Gasteiger partial charge in [-0.2, -0.15) is 0 Å². The lowest BCUT2D eigenvalue weighted by molar-refractivity contribution is 0.923. The lowest BCUT2D eigenvalue weighted by atomic mass is 9.97. The summed E-state index contributed by atoms with van der Waals surface area (Å²) >= 11 is 0. The average molecular weight is 195 g/mol. The molecule has 0 saturated carbocycles. The molecule has 0 N–H and O–H groups in total. The van der Waals surface area contributed by atoms with Crippen LogP contribution in [0.3, 0.4) is 0 Å². The molecular weight excluding hydrogens is 180 g/mol. The number of hydrogen-bond acceptors (Lipinski definition) is 0. The minimum Gasteiger partial charge on any atom is -0.0651 e. The van der Waals surface area contributed by atoms with E-state index >= 15 is 0 Å². The first kappa shape index (κ1) is 9.97. The molecule has 0 fully saturated rings. The molecule has 0 unspecified atom stereocenters. The van der Waals surface area contributed by atoms with Gasteiger partial charge in [-0.1, -0.05) is 55.8 Å². The Morgan fingerprint density at radius 3 is 2.60 bits per heavy atom. The van der Waals surface area contributed by atoms with Crippen molar-refractivity contribution in [3.63, 3.8) is 0 Å². The Bertz CT molecular complexity index is 415. The highest BCUT2D eigenvalue weighted by atomic mass is 14.1. The third-order valence-corrected chi connectivity index (χ3v) is 2.56. The summed E-state index contributed by atoms with van der Waals surface area (Å²) in [4.78, 5) is 0. The molecule has 0 saturated heterocycles. The lowest BCUT2D eigenvalue weighted by Crippen LogP contribution is -1.88. The Morgan fingerprint density at radius 1 is 1.07 bits per heavy atom. The molecule has 0 aliphatic heterocycles. The predicted molar refractivity (Wildman–Crippen MR) is 64.7 cm³/mol. The maximum Gasteiger partial charge on any atom is -0.0146 e. The van der Waals surface area contributed by atoms with Gasteiger partial charge in [-0.05, 0) is 35.2 Å². The zero-order chi connectivity index (χ0) is 10.5. The Hall–Kier alpha value is -1.56. The zero-order valence-corrected chi connectivity index (χ0v) is 9.03. The van der Waals surface area contributed by atoms with E-state index in [1.165, 1.54) is 23.1 Å². The van der Waals surface area contributed by atoms with Crippen molar-refractivity contribution in [2.24, 2.45) is 0 Å². The Kier molecular flexibility index (Phi) is 3.18. The Morgan fingerprint density at radius 2 is 1.87 bits per heavy atom. The molecule has 2 aromatic carbocycles. The lowest BCUT2D eigenvalue weighted by Gasteiger charge is -2.07. The van der Waals surface area contributed by atoms with Crippen molar-refractivity contribution in [3.8, 4) is 11.1 Å². The Labute approximate surface area is 91.6 Å². The van der Waals surface area contributed by atoms with Crippen molar-refractivity contribution >= 4 is 0 Å². The van der Waals surface area contributed by atoms with Crippen LogP contribution in [0.25, 0.3) is 11.1 Å². The molecule has 0 amide bonds. The minimum atomic E-state index is 1.14. The van der Waals surface area contributed by atoms with E-state index < -0.39 is 0 Å². The van der Waals surface area contributed by atoms with Crippen molar-refractivity contribution in [1.29, 1.82) is 0 Å². The molecule has 0 bridgehead atoms. The van der Waals surface area contributed by atoms with Crippen molar-refractivity contribution in [2.45, 2.75) is 19.8 Å². The van der Waals surface area contributed by atoms with Gasteiger partial charge < -0.3 is 0 Å². The van der Waals surface area contributed by atoms with Gasteiger partial charge in [0.05, 0.1) is 0 Å². The summed E-state index contributed by atoms with van der Waals surface area (Å²) in [6.45, 7) is 2.21. The number of hydrogen-bond donors (Lipinski definition) is 0. The van der Waals surface area contributed by atoms with E-state index in [9.17, 15) is 0 Å². The molecule has 0 aliphatic carbocycles. The first-order valence-electron chi connectivity index (χ1n) is 5.46. The molecule has 0 heterocycles. The van der Waals surface area contributed by atoms with E-state index in [4.69, 9.17) is 0 Å². The molecule has 0 aromatic heterocycles. The molecule has 0 spiro atoms. The molecule has 0 nitrogen and oxygen atoms in total. The molecule has 2 rings (SSSR count). The summed E-state index contributed by atoms with van der Waals surface area (Å²) in [5, 5.41) is 0. The van der Waals surface area contributed by atoms with Crippen LogP contribution in [0, 0.1) is 6.07 Å². The predicted octanol–water partition coefficient (Wildman–Crippen LogP) is 4.11. The number of aryl methyl sites for hydroxylation is 1. The second kappa shape index (κ2) is 4.79. The number of benzene rings is 2. The molecule has 1 radical (unpaired) electrons. The minimum absolute atomic E-state index is 1.14. The van der Waals surface area contributed by atoms with Crippen molar-refractivity contribution < 1.29 is 0 Å². The highest BCUT2D eigenvalue weighted by Crippen LogP contribution is 2.23. The normalized spacial score (nSPS) is 10.2. The third kappa shape index (κ3) is 2.27. The topological polar surface area (TPSA) is 0 Å². The van der Waals surface area contributed by atoms with E-state index in [-0.39, 0.29) is 0 Å². The maximum absolute atomic E-state index is 3.16. The average Bonchev–Trinajstić information content (AvgIpc) is 2.31. The molecule has 2 aromatic rings. The monoisotopic (exact) mass is 195 g/mol. The fraction of sp³-hybridized carbons (Fsp3) is 0.200. The van der Waals surface area contributed by atoms with Crippen LogP contribution in [0.1, 0.15) is 18.9 Å². The highest BCUT2D eigenvalue weighted by molar-refractivity contribution is 5.66. The van der Waals surface area contributed by atoms with E-state index in [2.05, 4.69) is 55.5 Å². The SMILES string of the molecule is CCCc1cc[c]cc1-c1ccccc1. The molecule has 0 aliphatic rings. The van der Waals surface area contributed by atoms with Crippen LogP contribution in [-0.4, -0.2) is 0 Å². The molecule has 75 valence electrons. The van der Waals surface area contributed by atoms with Gasteiger partial charge in [0.15, 0.2) is 0 Å². The highest BCUT2D eigenvalue weighted by Gasteiger charge is 2.02. The van der Waals surface area contributed by atoms with Crippen LogP contribution < -0.4 is 0 Å². The van der Waals surface area contributed by atoms with Crippen LogP contribution in [0.4, 0.5) is 0 Å². The quantitative estimate of drug-likeness (QED) is 0.691. The summed E-state index contributed by atoms with van der Waals surface area (Å²) in [6.07, 6.45) is 2.32. The van der Waals surface area contributed by atoms with Gasteiger partial charge in [0.2, 0.25) is 0 Å². The smallest absolute Gasteiger partial charge is 0.0146 e. The molecule has 0 heteroatoms. The summed E-state index contributed by atoms with van der Waals surface area (Å²) < 4.78 is 0. The van der Waals surface area contributed by atoms with E-state index in [1.807, 2.05) is 6.07 Å². The summed E-state index contributed by atoms with van der Waals surface area (Å²) in [6, 6.07) is 19.9. The Balaban J connectivity index is 2.43. The summed E-state index contributed by atoms with van der Waals surface area (Å²) in [7, 11) is 0. The van der Waals surface area contributed by atoms with Crippen LogP contribution in [0.5, 0.6) is 0 Å². The van der Waals surface area contributed by atoms with Crippen LogP contribution in [0.2, 0.25) is 0 Å². The van der Waals surface area contributed by atoms with Gasteiger partial charge in [0, 0.05) is 0 Å². The van der Waals surface area contributed by atoms with Crippen molar-refractivity contribution in [1.82, 2.24) is 0 Å². The third-order valence-electron chi connectivity index (χ3n) is 2.56. The van der Waals surface area contributed by atoms with Crippen LogP contribution in [0.15, 0.2) is 48.5 Å². The van der Waals surface area contributed by atoms with Crippen molar-refractivity contribution in [3.05, 3.63) is 60.2 Å². The fourth-order valence-corrected chi connectivity index (χ4v) is 1.84. The van der Waals surface area contributed by atoms with Gasteiger partial charge in [0.1, 0.15) is 0 Å². The van der Waals surface area contributed by atoms with Crippen LogP contribution >= 0.6 is 0 Å². The first-order valence-corrected chi connectivity index (χ1v) is 5.46. The van der Waals surface area contributed by atoms with Gasteiger partial charge in [-0.15, -0.1) is 0 Å². The van der Waals surface area contributed by atoms with Crippen LogP contribution in [-0.2, 0) is 6.42 Å². The second-order valence-electron chi connectivity index (χ2n) is 3.70. The zero-order valence-electron chi connectivity index (χ0n) is 9.03. The van der Waals surface area contributed by atoms with E-state index in [1.54, 1.807) is 0 Å². The maximum atomic E-state index is 3.16. The molecule has 0 atom stereocenters. The standard InChI is InChI=1S/C15H15/c1-2-8-13-11-6-7-12-15(13)14-9-4-3-5-10-14/h3-6,9-12H,2,8H2,1H3. The molecule has 15 heavy (non-hydrogen) atoms. The molecular formula is C15H15. The van der Waals surface area contributed by atoms with Crippen molar-refractivity contribution in [2.75, 3.05) is 0 Å². The fourth-order valence-electron chi connectivity index (χ4n) is 1.84. The van der Waals surface area contributed by atoms with Gasteiger partial charge >= 0.3 is 0 Å². The van der Waals surface area contributed by atoms with Gasteiger partial charge in [-0.3, -0.25) is 0 Å². The van der Waals surface area contributed by atoms with E-state index in [0.717, 1.165) is 6.42 Å². The number of rotatable bonds is 3. The van der Waals surface area contributed by atoms with Gasteiger partial charge in [-0.25, -0.2) is 0 Å². The first-order chi connectivity index (χ1) is 7.42. The summed E-state index contributed by atoms with van der Waals surface area (Å²) in [5.74, 6) is 0. The second-order valence-corrected chi connectivity index (χ2v) is 3.70. The summed E-state index contributed by atoms with van der Waals surface area (Å²) in [5.41, 5.74) is 4.03. The largest absolute Gasteiger partial charge is 0.0651 e. The van der Waals surface area contributed by atoms with E-state index in [0.29, 0.717) is 0 Å².